The van der Waals surface area contributed by atoms with Gasteiger partial charge in [0.1, 0.15) is 0 Å². The lowest BCUT2D eigenvalue weighted by molar-refractivity contribution is -0.143. The zero-order chi connectivity index (χ0) is 20.3. The van der Waals surface area contributed by atoms with Crippen molar-refractivity contribution in [3.05, 3.63) is 29.8 Å². The number of carbonyl (C=O) groups excluding carboxylic acids is 2. The van der Waals surface area contributed by atoms with E-state index < -0.39 is 5.97 Å². The van der Waals surface area contributed by atoms with Crippen molar-refractivity contribution in [2.75, 3.05) is 18.4 Å². The standard InChI is InChI=1S/C22H30N2O4/c1-22(2)11-3-4-17(14-22)19(25)23-18-7-5-15(6-8-18)20(26)24-12-9-16(10-13-24)21(27)28/h5-8,16-17H,3-4,9-14H2,1-2H3,(H,23,25)(H,27,28). The summed E-state index contributed by atoms with van der Waals surface area (Å²) in [5, 5.41) is 12.1. The van der Waals surface area contributed by atoms with Gasteiger partial charge in [-0.15, -0.1) is 0 Å². The Bertz CT molecular complexity index is 733. The third-order valence-electron chi connectivity index (χ3n) is 6.11. The average molecular weight is 386 g/mol. The minimum Gasteiger partial charge on any atom is -0.481 e. The third kappa shape index (κ3) is 4.91. The van der Waals surface area contributed by atoms with Crippen LogP contribution in [0.3, 0.4) is 0 Å². The number of carboxylic acid groups (broad SMARTS) is 1. The Morgan fingerprint density at radius 1 is 1.04 bits per heavy atom. The van der Waals surface area contributed by atoms with Crippen LogP contribution in [0.2, 0.25) is 0 Å². The molecular weight excluding hydrogens is 356 g/mol. The van der Waals surface area contributed by atoms with Crippen molar-refractivity contribution in [3.8, 4) is 0 Å². The Kier molecular flexibility index (Phi) is 6.06. The zero-order valence-electron chi connectivity index (χ0n) is 16.7. The maximum Gasteiger partial charge on any atom is 0.306 e. The molecule has 152 valence electrons. The molecule has 2 aliphatic rings. The van der Waals surface area contributed by atoms with Gasteiger partial charge < -0.3 is 15.3 Å². The van der Waals surface area contributed by atoms with Crippen LogP contribution in [0.15, 0.2) is 24.3 Å². The molecule has 2 N–H and O–H groups in total. The SMILES string of the molecule is CC1(C)CCCC(C(=O)Nc2ccc(C(=O)N3CCC(C(=O)O)CC3)cc2)C1. The molecule has 0 bridgehead atoms. The van der Waals surface area contributed by atoms with Gasteiger partial charge in [-0.2, -0.15) is 0 Å². The van der Waals surface area contributed by atoms with Gasteiger partial charge in [-0.3, -0.25) is 14.4 Å². The number of rotatable bonds is 4. The number of carbonyl (C=O) groups is 3. The first kappa shape index (κ1) is 20.4. The molecule has 28 heavy (non-hydrogen) atoms. The second-order valence-corrected chi connectivity index (χ2v) is 8.93. The molecule has 6 heteroatoms. The second-order valence-electron chi connectivity index (χ2n) is 8.93. The van der Waals surface area contributed by atoms with E-state index in [-0.39, 0.29) is 29.1 Å². The highest BCUT2D eigenvalue weighted by Gasteiger charge is 2.32. The van der Waals surface area contributed by atoms with Crippen molar-refractivity contribution in [2.24, 2.45) is 17.3 Å². The van der Waals surface area contributed by atoms with Gasteiger partial charge in [-0.1, -0.05) is 20.3 Å². The fourth-order valence-corrected chi connectivity index (χ4v) is 4.37. The normalized spacial score (nSPS) is 22.5. The largest absolute Gasteiger partial charge is 0.481 e. The lowest BCUT2D eigenvalue weighted by Crippen LogP contribution is -2.40. The van der Waals surface area contributed by atoms with Gasteiger partial charge in [-0.05, 0) is 61.8 Å². The fraction of sp³-hybridized carbons (Fsp3) is 0.591. The first-order valence-electron chi connectivity index (χ1n) is 10.2. The minimum absolute atomic E-state index is 0.0422. The quantitative estimate of drug-likeness (QED) is 0.824. The van der Waals surface area contributed by atoms with E-state index in [0.717, 1.165) is 25.7 Å². The lowest BCUT2D eigenvalue weighted by atomic mass is 9.72. The maximum absolute atomic E-state index is 12.6. The summed E-state index contributed by atoms with van der Waals surface area (Å²) in [4.78, 5) is 37.9. The summed E-state index contributed by atoms with van der Waals surface area (Å²) in [5.41, 5.74) is 1.48. The minimum atomic E-state index is -0.784. The van der Waals surface area contributed by atoms with Crippen molar-refractivity contribution in [2.45, 2.75) is 52.4 Å². The number of nitrogens with one attached hydrogen (secondary N) is 1. The van der Waals surface area contributed by atoms with E-state index in [2.05, 4.69) is 19.2 Å². The first-order valence-corrected chi connectivity index (χ1v) is 10.2. The van der Waals surface area contributed by atoms with E-state index in [0.29, 0.717) is 37.2 Å². The number of benzene rings is 1. The number of aliphatic carboxylic acids is 1. The molecular formula is C22H30N2O4. The number of piperidine rings is 1. The van der Waals surface area contributed by atoms with Gasteiger partial charge in [0, 0.05) is 30.3 Å². The Hall–Kier alpha value is -2.37. The summed E-state index contributed by atoms with van der Waals surface area (Å²) >= 11 is 0. The van der Waals surface area contributed by atoms with Gasteiger partial charge in [0.25, 0.3) is 5.91 Å². The van der Waals surface area contributed by atoms with Crippen LogP contribution in [0.25, 0.3) is 0 Å². The van der Waals surface area contributed by atoms with Crippen molar-refractivity contribution in [1.82, 2.24) is 4.90 Å². The van der Waals surface area contributed by atoms with Gasteiger partial charge in [0.05, 0.1) is 5.92 Å². The van der Waals surface area contributed by atoms with Crippen LogP contribution < -0.4 is 5.32 Å². The Balaban J connectivity index is 1.55. The molecule has 2 fully saturated rings. The van der Waals surface area contributed by atoms with E-state index in [4.69, 9.17) is 5.11 Å². The van der Waals surface area contributed by atoms with E-state index in [9.17, 15) is 14.4 Å². The summed E-state index contributed by atoms with van der Waals surface area (Å²) in [7, 11) is 0. The summed E-state index contributed by atoms with van der Waals surface area (Å²) in [6, 6.07) is 6.99. The van der Waals surface area contributed by atoms with Gasteiger partial charge in [0.2, 0.25) is 5.91 Å². The van der Waals surface area contributed by atoms with Gasteiger partial charge >= 0.3 is 5.97 Å². The predicted molar refractivity (Wildman–Crippen MR) is 107 cm³/mol. The summed E-state index contributed by atoms with van der Waals surface area (Å²) in [5.74, 6) is -1.13. The molecule has 0 aromatic heterocycles. The van der Waals surface area contributed by atoms with Crippen molar-refractivity contribution >= 4 is 23.5 Å². The molecule has 1 aromatic rings. The number of hydrogen-bond acceptors (Lipinski definition) is 3. The summed E-state index contributed by atoms with van der Waals surface area (Å²) < 4.78 is 0. The molecule has 1 aliphatic heterocycles. The smallest absolute Gasteiger partial charge is 0.306 e. The van der Waals surface area contributed by atoms with Crippen molar-refractivity contribution < 1.29 is 19.5 Å². The monoisotopic (exact) mass is 386 g/mol. The molecule has 1 aliphatic carbocycles. The van der Waals surface area contributed by atoms with Crippen LogP contribution >= 0.6 is 0 Å². The van der Waals surface area contributed by atoms with Crippen molar-refractivity contribution in [3.63, 3.8) is 0 Å². The molecule has 2 amide bonds. The number of carboxylic acids is 1. The van der Waals surface area contributed by atoms with Crippen LogP contribution in [0.5, 0.6) is 0 Å². The summed E-state index contributed by atoms with van der Waals surface area (Å²) in [6.07, 6.45) is 5.06. The molecule has 1 atom stereocenters. The van der Waals surface area contributed by atoms with Gasteiger partial charge in [-0.25, -0.2) is 0 Å². The molecule has 1 aromatic carbocycles. The zero-order valence-corrected chi connectivity index (χ0v) is 16.7. The number of anilines is 1. The van der Waals surface area contributed by atoms with Crippen LogP contribution in [0.1, 0.15) is 62.7 Å². The number of nitrogens with zero attached hydrogens (tertiary/aromatic N) is 1. The highest BCUT2D eigenvalue weighted by atomic mass is 16.4. The topological polar surface area (TPSA) is 86.7 Å². The predicted octanol–water partition coefficient (Wildman–Crippen LogP) is 3.78. The van der Waals surface area contributed by atoms with Crippen LogP contribution in [-0.4, -0.2) is 40.9 Å². The second kappa shape index (κ2) is 8.33. The first-order chi connectivity index (χ1) is 13.2. The van der Waals surface area contributed by atoms with Gasteiger partial charge in [0.15, 0.2) is 0 Å². The molecule has 1 saturated carbocycles. The molecule has 1 unspecified atom stereocenters. The maximum atomic E-state index is 12.6. The molecule has 1 saturated heterocycles. The Morgan fingerprint density at radius 3 is 2.25 bits per heavy atom. The highest BCUT2D eigenvalue weighted by molar-refractivity contribution is 5.96. The molecule has 1 heterocycles. The van der Waals surface area contributed by atoms with E-state index in [1.807, 2.05) is 0 Å². The molecule has 3 rings (SSSR count). The van der Waals surface area contributed by atoms with Crippen LogP contribution in [0.4, 0.5) is 5.69 Å². The fourth-order valence-electron chi connectivity index (χ4n) is 4.37. The average Bonchev–Trinajstić information content (AvgIpc) is 2.67. The summed E-state index contributed by atoms with van der Waals surface area (Å²) in [6.45, 7) is 5.36. The molecule has 0 radical (unpaired) electrons. The number of amides is 2. The lowest BCUT2D eigenvalue weighted by Gasteiger charge is -2.34. The van der Waals surface area contributed by atoms with Crippen molar-refractivity contribution in [1.29, 1.82) is 0 Å². The highest BCUT2D eigenvalue weighted by Crippen LogP contribution is 2.38. The number of likely N-dealkylation sites (tertiary alicyclic amines) is 1. The third-order valence-corrected chi connectivity index (χ3v) is 6.11. The Morgan fingerprint density at radius 2 is 1.68 bits per heavy atom. The van der Waals surface area contributed by atoms with E-state index >= 15 is 0 Å². The van der Waals surface area contributed by atoms with E-state index in [1.165, 1.54) is 0 Å². The van der Waals surface area contributed by atoms with E-state index in [1.54, 1.807) is 29.2 Å². The Labute approximate surface area is 166 Å². The molecule has 6 nitrogen and oxygen atoms in total. The molecule has 0 spiro atoms. The number of hydrogen-bond donors (Lipinski definition) is 2. The van der Waals surface area contributed by atoms with Crippen LogP contribution in [-0.2, 0) is 9.59 Å². The van der Waals surface area contributed by atoms with Crippen LogP contribution in [0, 0.1) is 17.3 Å².